The molecule has 1 atom stereocenters. The van der Waals surface area contributed by atoms with Gasteiger partial charge in [0.2, 0.25) is 0 Å². The summed E-state index contributed by atoms with van der Waals surface area (Å²) in [6, 6.07) is 13.4. The molecular formula is C14H11Cl3S. The Hall–Kier alpha value is -0.340. The molecule has 18 heavy (non-hydrogen) atoms. The van der Waals surface area contributed by atoms with Gasteiger partial charge in [-0.1, -0.05) is 41.4 Å². The second-order valence-corrected chi connectivity index (χ2v) is 5.90. The quantitative estimate of drug-likeness (QED) is 0.491. The first-order valence-corrected chi connectivity index (χ1v) is 7.77. The Kier molecular flexibility index (Phi) is 4.85. The van der Waals surface area contributed by atoms with Gasteiger partial charge < -0.3 is 0 Å². The predicted molar refractivity (Wildman–Crippen MR) is 82.4 cm³/mol. The van der Waals surface area contributed by atoms with E-state index in [1.54, 1.807) is 23.9 Å². The topological polar surface area (TPSA) is 0 Å². The maximum absolute atomic E-state index is 6.54. The van der Waals surface area contributed by atoms with Crippen molar-refractivity contribution >= 4 is 46.6 Å². The van der Waals surface area contributed by atoms with Crippen LogP contribution in [0.15, 0.2) is 47.4 Å². The van der Waals surface area contributed by atoms with E-state index in [9.17, 15) is 0 Å². The van der Waals surface area contributed by atoms with Gasteiger partial charge in [-0.3, -0.25) is 0 Å². The number of rotatable bonds is 3. The van der Waals surface area contributed by atoms with Gasteiger partial charge in [0.15, 0.2) is 0 Å². The standard InChI is InChI=1S/C14H11Cl3S/c1-18-13-5-3-2-4-10(13)14(17)11-8-9(15)6-7-12(11)16/h2-8,14H,1H3. The lowest BCUT2D eigenvalue weighted by Crippen LogP contribution is -1.96. The Balaban J connectivity index is 2.47. The van der Waals surface area contributed by atoms with Crippen LogP contribution in [0.3, 0.4) is 0 Å². The number of hydrogen-bond donors (Lipinski definition) is 0. The summed E-state index contributed by atoms with van der Waals surface area (Å²) in [5, 5.41) is 0.983. The van der Waals surface area contributed by atoms with E-state index < -0.39 is 0 Å². The Morgan fingerprint density at radius 2 is 1.72 bits per heavy atom. The minimum atomic E-state index is -0.292. The zero-order valence-electron chi connectivity index (χ0n) is 9.66. The lowest BCUT2D eigenvalue weighted by atomic mass is 10.0. The fourth-order valence-corrected chi connectivity index (χ4v) is 3.29. The third-order valence-electron chi connectivity index (χ3n) is 2.64. The van der Waals surface area contributed by atoms with Crippen molar-refractivity contribution in [2.45, 2.75) is 10.3 Å². The van der Waals surface area contributed by atoms with Gasteiger partial charge in [-0.2, -0.15) is 0 Å². The first-order valence-electron chi connectivity index (χ1n) is 5.35. The fourth-order valence-electron chi connectivity index (χ4n) is 1.75. The van der Waals surface area contributed by atoms with E-state index in [1.807, 2.05) is 36.6 Å². The molecular weight excluding hydrogens is 307 g/mol. The van der Waals surface area contributed by atoms with E-state index in [2.05, 4.69) is 0 Å². The maximum Gasteiger partial charge on any atom is 0.0861 e. The van der Waals surface area contributed by atoms with Crippen LogP contribution in [0.2, 0.25) is 10.0 Å². The predicted octanol–water partition coefficient (Wildman–Crippen LogP) is 6.04. The van der Waals surface area contributed by atoms with Crippen LogP contribution in [0, 0.1) is 0 Å². The fraction of sp³-hybridized carbons (Fsp3) is 0.143. The first kappa shape index (κ1) is 14.1. The van der Waals surface area contributed by atoms with Gasteiger partial charge in [0, 0.05) is 14.9 Å². The van der Waals surface area contributed by atoms with Crippen LogP contribution in [0.5, 0.6) is 0 Å². The van der Waals surface area contributed by atoms with Gasteiger partial charge in [-0.25, -0.2) is 0 Å². The summed E-state index contributed by atoms with van der Waals surface area (Å²) >= 11 is 20.4. The average molecular weight is 318 g/mol. The van der Waals surface area contributed by atoms with Crippen LogP contribution in [0.1, 0.15) is 16.5 Å². The van der Waals surface area contributed by atoms with Gasteiger partial charge in [0.1, 0.15) is 0 Å². The summed E-state index contributed by atoms with van der Waals surface area (Å²) in [5.74, 6) is 0. The molecule has 2 aromatic rings. The first-order chi connectivity index (χ1) is 8.63. The molecule has 94 valence electrons. The van der Waals surface area contributed by atoms with Gasteiger partial charge >= 0.3 is 0 Å². The average Bonchev–Trinajstić information content (AvgIpc) is 2.40. The van der Waals surface area contributed by atoms with Gasteiger partial charge in [-0.15, -0.1) is 23.4 Å². The zero-order valence-corrected chi connectivity index (χ0v) is 12.7. The van der Waals surface area contributed by atoms with Crippen LogP contribution in [0.4, 0.5) is 0 Å². The van der Waals surface area contributed by atoms with Crippen LogP contribution < -0.4 is 0 Å². The molecule has 0 amide bonds. The largest absolute Gasteiger partial charge is 0.129 e. The molecule has 1 unspecified atom stereocenters. The van der Waals surface area contributed by atoms with E-state index in [0.717, 1.165) is 16.0 Å². The molecule has 0 aliphatic heterocycles. The third kappa shape index (κ3) is 2.97. The van der Waals surface area contributed by atoms with Gasteiger partial charge in [0.25, 0.3) is 0 Å². The number of alkyl halides is 1. The summed E-state index contributed by atoms with van der Waals surface area (Å²) in [5.41, 5.74) is 1.89. The minimum Gasteiger partial charge on any atom is -0.129 e. The molecule has 0 saturated carbocycles. The zero-order chi connectivity index (χ0) is 13.1. The Morgan fingerprint density at radius 3 is 2.44 bits per heavy atom. The van der Waals surface area contributed by atoms with Crippen molar-refractivity contribution in [3.8, 4) is 0 Å². The van der Waals surface area contributed by atoms with Crippen molar-refractivity contribution in [3.05, 3.63) is 63.6 Å². The van der Waals surface area contributed by atoms with E-state index in [4.69, 9.17) is 34.8 Å². The van der Waals surface area contributed by atoms with E-state index in [-0.39, 0.29) is 5.38 Å². The number of thioether (sulfide) groups is 1. The number of halogens is 3. The van der Waals surface area contributed by atoms with E-state index in [0.29, 0.717) is 10.0 Å². The highest BCUT2D eigenvalue weighted by atomic mass is 35.5. The summed E-state index contributed by atoms with van der Waals surface area (Å²) in [6.45, 7) is 0. The highest BCUT2D eigenvalue weighted by molar-refractivity contribution is 7.98. The number of benzene rings is 2. The van der Waals surface area contributed by atoms with Crippen LogP contribution >= 0.6 is 46.6 Å². The van der Waals surface area contributed by atoms with Crippen molar-refractivity contribution in [3.63, 3.8) is 0 Å². The molecule has 0 bridgehead atoms. The van der Waals surface area contributed by atoms with Crippen LogP contribution in [0.25, 0.3) is 0 Å². The van der Waals surface area contributed by atoms with Crippen molar-refractivity contribution < 1.29 is 0 Å². The van der Waals surface area contributed by atoms with Gasteiger partial charge in [0.05, 0.1) is 5.38 Å². The Labute approximate surface area is 126 Å². The molecule has 4 heteroatoms. The monoisotopic (exact) mass is 316 g/mol. The second-order valence-electron chi connectivity index (χ2n) is 3.77. The van der Waals surface area contributed by atoms with Crippen molar-refractivity contribution in [1.29, 1.82) is 0 Å². The van der Waals surface area contributed by atoms with Crippen LogP contribution in [-0.4, -0.2) is 6.26 Å². The van der Waals surface area contributed by atoms with E-state index >= 15 is 0 Å². The second kappa shape index (κ2) is 6.21. The third-order valence-corrected chi connectivity index (χ3v) is 4.50. The smallest absolute Gasteiger partial charge is 0.0861 e. The van der Waals surface area contributed by atoms with Gasteiger partial charge in [-0.05, 0) is 41.6 Å². The molecule has 2 rings (SSSR count). The minimum absolute atomic E-state index is 0.292. The van der Waals surface area contributed by atoms with Crippen molar-refractivity contribution in [2.24, 2.45) is 0 Å². The Morgan fingerprint density at radius 1 is 1.00 bits per heavy atom. The van der Waals surface area contributed by atoms with Crippen LogP contribution in [-0.2, 0) is 0 Å². The molecule has 0 fully saturated rings. The molecule has 0 saturated heterocycles. The van der Waals surface area contributed by atoms with E-state index in [1.165, 1.54) is 0 Å². The normalized spacial score (nSPS) is 12.4. The maximum atomic E-state index is 6.54. The summed E-state index contributed by atoms with van der Waals surface area (Å²) in [4.78, 5) is 1.15. The lowest BCUT2D eigenvalue weighted by Gasteiger charge is -2.15. The van der Waals surface area contributed by atoms with Crippen molar-refractivity contribution in [1.82, 2.24) is 0 Å². The molecule has 0 aliphatic carbocycles. The molecule has 0 aromatic heterocycles. The summed E-state index contributed by atoms with van der Waals surface area (Å²) in [6.07, 6.45) is 2.03. The molecule has 0 nitrogen and oxygen atoms in total. The molecule has 2 aromatic carbocycles. The molecule has 0 aliphatic rings. The molecule has 0 heterocycles. The Bertz CT molecular complexity index is 554. The lowest BCUT2D eigenvalue weighted by molar-refractivity contribution is 1.09. The SMILES string of the molecule is CSc1ccccc1C(Cl)c1cc(Cl)ccc1Cl. The summed E-state index contributed by atoms with van der Waals surface area (Å²) < 4.78 is 0. The highest BCUT2D eigenvalue weighted by Crippen LogP contribution is 2.38. The molecule has 0 radical (unpaired) electrons. The highest BCUT2D eigenvalue weighted by Gasteiger charge is 2.17. The van der Waals surface area contributed by atoms with Crippen molar-refractivity contribution in [2.75, 3.05) is 6.26 Å². The number of hydrogen-bond acceptors (Lipinski definition) is 1. The summed E-state index contributed by atoms with van der Waals surface area (Å²) in [7, 11) is 0. The molecule has 0 N–H and O–H groups in total. The molecule has 0 spiro atoms.